The Morgan fingerprint density at radius 3 is 2.92 bits per heavy atom. The van der Waals surface area contributed by atoms with Crippen LogP contribution in [-0.4, -0.2) is 28.8 Å². The van der Waals surface area contributed by atoms with Crippen LogP contribution in [0.5, 0.6) is 0 Å². The Hall–Kier alpha value is -2.01. The van der Waals surface area contributed by atoms with Gasteiger partial charge in [-0.3, -0.25) is 9.67 Å². The third-order valence-electron chi connectivity index (χ3n) is 4.65. The van der Waals surface area contributed by atoms with Crippen LogP contribution in [0.25, 0.3) is 5.70 Å². The maximum Gasteiger partial charge on any atom is 0.0699 e. The highest BCUT2D eigenvalue weighted by atomic mass is 15.3. The third kappa shape index (κ3) is 4.09. The van der Waals surface area contributed by atoms with E-state index in [9.17, 15) is 0 Å². The highest BCUT2D eigenvalue weighted by Crippen LogP contribution is 2.26. The van der Waals surface area contributed by atoms with E-state index in [1.54, 1.807) is 0 Å². The molecule has 0 aliphatic carbocycles. The van der Waals surface area contributed by atoms with Crippen molar-refractivity contribution in [1.82, 2.24) is 15.1 Å². The van der Waals surface area contributed by atoms with Crippen LogP contribution in [-0.2, 0) is 6.54 Å². The van der Waals surface area contributed by atoms with Crippen LogP contribution in [0.3, 0.4) is 0 Å². The quantitative estimate of drug-likeness (QED) is 0.776. The number of nitrogens with zero attached hydrogens (tertiary/aromatic N) is 3. The summed E-state index contributed by atoms with van der Waals surface area (Å²) >= 11 is 0. The second-order valence-electron chi connectivity index (χ2n) is 6.64. The molecule has 1 aliphatic heterocycles. The number of nitrogens with one attached hydrogen (secondary N) is 2. The monoisotopic (exact) mass is 327 g/mol. The van der Waals surface area contributed by atoms with E-state index in [0.717, 1.165) is 41.9 Å². The molecule has 0 saturated carbocycles. The Balaban J connectivity index is 2.44. The molecule has 2 rings (SSSR count). The zero-order valence-electron chi connectivity index (χ0n) is 15.4. The van der Waals surface area contributed by atoms with E-state index in [1.165, 1.54) is 11.9 Å². The lowest BCUT2D eigenvalue weighted by molar-refractivity contribution is 0.391. The summed E-state index contributed by atoms with van der Waals surface area (Å²) in [5.41, 5.74) is 5.21. The van der Waals surface area contributed by atoms with Crippen LogP contribution in [0.15, 0.2) is 28.4 Å². The normalized spacial score (nSPS) is 20.7. The van der Waals surface area contributed by atoms with Crippen molar-refractivity contribution in [2.24, 2.45) is 10.9 Å². The minimum atomic E-state index is 0.359. The molecule has 0 radical (unpaired) electrons. The summed E-state index contributed by atoms with van der Waals surface area (Å²) in [5, 5.41) is 15.4. The highest BCUT2D eigenvalue weighted by molar-refractivity contribution is 5.91. The number of hydrogen-bond donors (Lipinski definition) is 2. The summed E-state index contributed by atoms with van der Waals surface area (Å²) in [6, 6.07) is 0.359. The van der Waals surface area contributed by atoms with Crippen molar-refractivity contribution in [3.63, 3.8) is 0 Å². The van der Waals surface area contributed by atoms with Crippen LogP contribution in [0.1, 0.15) is 58.3 Å². The lowest BCUT2D eigenvalue weighted by Gasteiger charge is -2.23. The smallest absolute Gasteiger partial charge is 0.0699 e. The van der Waals surface area contributed by atoms with E-state index in [1.807, 2.05) is 26.3 Å². The molecule has 2 atom stereocenters. The minimum absolute atomic E-state index is 0.359. The third-order valence-corrected chi connectivity index (χ3v) is 4.65. The van der Waals surface area contributed by atoms with E-state index >= 15 is 0 Å². The molecule has 2 N–H and O–H groups in total. The van der Waals surface area contributed by atoms with E-state index < -0.39 is 0 Å². The maximum atomic E-state index is 7.37. The maximum absolute atomic E-state index is 7.37. The van der Waals surface area contributed by atoms with Crippen molar-refractivity contribution in [3.05, 3.63) is 34.7 Å². The molecular weight excluding hydrogens is 298 g/mol. The molecule has 1 aromatic heterocycles. The van der Waals surface area contributed by atoms with Gasteiger partial charge in [0.15, 0.2) is 0 Å². The molecule has 5 heteroatoms. The largest absolute Gasteiger partial charge is 0.309 e. The van der Waals surface area contributed by atoms with Crippen LogP contribution < -0.4 is 5.32 Å². The molecule has 24 heavy (non-hydrogen) atoms. The number of hydrogen-bond acceptors (Lipinski definition) is 4. The van der Waals surface area contributed by atoms with Gasteiger partial charge in [-0.15, -0.1) is 0 Å². The van der Waals surface area contributed by atoms with E-state index in [0.29, 0.717) is 12.0 Å². The zero-order chi connectivity index (χ0) is 17.7. The Kier molecular flexibility index (Phi) is 6.26. The number of allylic oxidation sites excluding steroid dienone is 3. The number of fused-ring (bicyclic) bond motifs is 1. The van der Waals surface area contributed by atoms with Crippen molar-refractivity contribution < 1.29 is 0 Å². The fraction of sp³-hybridized carbons (Fsp3) is 0.526. The molecule has 2 heterocycles. The first-order valence-electron chi connectivity index (χ1n) is 8.69. The molecule has 0 bridgehead atoms. The minimum Gasteiger partial charge on any atom is -0.309 e. The van der Waals surface area contributed by atoms with Gasteiger partial charge in [-0.1, -0.05) is 26.3 Å². The lowest BCUT2D eigenvalue weighted by Crippen LogP contribution is -2.32. The molecule has 130 valence electrons. The fourth-order valence-electron chi connectivity index (χ4n) is 2.62. The van der Waals surface area contributed by atoms with Crippen molar-refractivity contribution in [3.8, 4) is 0 Å². The van der Waals surface area contributed by atoms with Crippen molar-refractivity contribution >= 4 is 18.1 Å². The molecule has 1 aliphatic rings. The molecule has 0 spiro atoms. The zero-order valence-corrected chi connectivity index (χ0v) is 15.4. The van der Waals surface area contributed by atoms with Gasteiger partial charge in [0.2, 0.25) is 0 Å². The van der Waals surface area contributed by atoms with Gasteiger partial charge in [-0.2, -0.15) is 5.10 Å². The molecule has 5 nitrogen and oxygen atoms in total. The predicted molar refractivity (Wildman–Crippen MR) is 102 cm³/mol. The summed E-state index contributed by atoms with van der Waals surface area (Å²) in [6.45, 7) is 12.3. The number of aliphatic imine (C=N–C) groups is 1. The van der Waals surface area contributed by atoms with Gasteiger partial charge in [0.1, 0.15) is 0 Å². The van der Waals surface area contributed by atoms with Crippen LogP contribution in [0, 0.1) is 11.3 Å². The average Bonchev–Trinajstić information content (AvgIpc) is 3.02. The van der Waals surface area contributed by atoms with Crippen molar-refractivity contribution in [2.45, 2.75) is 53.6 Å². The Bertz CT molecular complexity index is 678. The standard InChI is InChI=1S/C19H29N5/c1-6-13(2)7-18(22-9-15(4)14(3)8-20)17-11-23-24-16(5)10-21-12-19(17)24/h7-9,11,13,16,20-21H,6,10,12H2,1-5H3/b15-14+,18-7-,20-8?,22-9-. The fourth-order valence-corrected chi connectivity index (χ4v) is 2.62. The second-order valence-corrected chi connectivity index (χ2v) is 6.64. The van der Waals surface area contributed by atoms with Crippen LogP contribution in [0.4, 0.5) is 0 Å². The van der Waals surface area contributed by atoms with Gasteiger partial charge >= 0.3 is 0 Å². The first-order valence-corrected chi connectivity index (χ1v) is 8.69. The Morgan fingerprint density at radius 2 is 2.25 bits per heavy atom. The number of rotatable bonds is 6. The predicted octanol–water partition coefficient (Wildman–Crippen LogP) is 3.99. The van der Waals surface area contributed by atoms with Crippen LogP contribution in [0.2, 0.25) is 0 Å². The summed E-state index contributed by atoms with van der Waals surface area (Å²) < 4.78 is 2.11. The summed E-state index contributed by atoms with van der Waals surface area (Å²) in [6.07, 6.45) is 8.46. The second kappa shape index (κ2) is 8.20. The topological polar surface area (TPSA) is 66.1 Å². The van der Waals surface area contributed by atoms with Gasteiger partial charge in [0, 0.05) is 31.1 Å². The summed E-state index contributed by atoms with van der Waals surface area (Å²) in [7, 11) is 0. The van der Waals surface area contributed by atoms with Gasteiger partial charge in [-0.05, 0) is 37.8 Å². The SMILES string of the molecule is CCC(C)\C=C(/N=C\C(C)=C(/C)C=N)c1cnn2c1CNCC2C. The lowest BCUT2D eigenvalue weighted by atomic mass is 10.0. The van der Waals surface area contributed by atoms with Crippen molar-refractivity contribution in [2.75, 3.05) is 6.54 Å². The molecule has 0 aromatic carbocycles. The summed E-state index contributed by atoms with van der Waals surface area (Å²) in [5.74, 6) is 0.454. The highest BCUT2D eigenvalue weighted by Gasteiger charge is 2.21. The van der Waals surface area contributed by atoms with E-state index in [2.05, 4.69) is 41.9 Å². The van der Waals surface area contributed by atoms with Gasteiger partial charge in [0.25, 0.3) is 0 Å². The van der Waals surface area contributed by atoms with Gasteiger partial charge in [0.05, 0.1) is 23.6 Å². The molecule has 1 aromatic rings. The molecule has 0 fully saturated rings. The molecule has 2 unspecified atom stereocenters. The van der Waals surface area contributed by atoms with E-state index in [4.69, 9.17) is 10.4 Å². The average molecular weight is 327 g/mol. The Labute approximate surface area is 145 Å². The molecule has 0 saturated heterocycles. The molecular formula is C19H29N5. The number of aromatic nitrogens is 2. The molecule has 0 amide bonds. The first kappa shape index (κ1) is 18.3. The van der Waals surface area contributed by atoms with Crippen LogP contribution >= 0.6 is 0 Å². The first-order chi connectivity index (χ1) is 11.5. The van der Waals surface area contributed by atoms with Gasteiger partial charge in [-0.25, -0.2) is 0 Å². The Morgan fingerprint density at radius 1 is 1.50 bits per heavy atom. The summed E-state index contributed by atoms with van der Waals surface area (Å²) in [4.78, 5) is 4.75. The van der Waals surface area contributed by atoms with E-state index in [-0.39, 0.29) is 0 Å². The van der Waals surface area contributed by atoms with Gasteiger partial charge < -0.3 is 10.7 Å². The van der Waals surface area contributed by atoms with Crippen molar-refractivity contribution in [1.29, 1.82) is 5.41 Å².